The summed E-state index contributed by atoms with van der Waals surface area (Å²) in [5.41, 5.74) is 8.98. The van der Waals surface area contributed by atoms with E-state index < -0.39 is 0 Å². The number of pyridine rings is 1. The summed E-state index contributed by atoms with van der Waals surface area (Å²) in [6.45, 7) is 6.03. The van der Waals surface area contributed by atoms with E-state index in [1.54, 1.807) is 7.11 Å². The van der Waals surface area contributed by atoms with E-state index in [0.29, 0.717) is 0 Å². The molecule has 0 radical (unpaired) electrons. The van der Waals surface area contributed by atoms with Crippen LogP contribution in [0.1, 0.15) is 25.1 Å². The minimum absolute atomic E-state index is 0.209. The van der Waals surface area contributed by atoms with Gasteiger partial charge in [-0.25, -0.2) is 0 Å². The number of hydrogen-bond acceptors (Lipinski definition) is 3. The molecule has 0 spiro atoms. The molecule has 0 aliphatic carbocycles. The predicted octanol–water partition coefficient (Wildman–Crippen LogP) is 2.83. The molecule has 0 atom stereocenters. The molecule has 0 bridgehead atoms. The van der Waals surface area contributed by atoms with Gasteiger partial charge in [-0.15, -0.1) is 0 Å². The minimum Gasteiger partial charge on any atom is -0.496 e. The lowest BCUT2D eigenvalue weighted by Crippen LogP contribution is -2.34. The smallest absolute Gasteiger partial charge is 0.130 e. The standard InChI is InChI=1S/C15H20N2O/c1-10-7-14(18-4)12-8-11(9-15(2,3)16)5-6-13(12)17-10/h5-8H,9,16H2,1-4H3. The zero-order chi connectivity index (χ0) is 13.3. The Morgan fingerprint density at radius 1 is 1.28 bits per heavy atom. The Hall–Kier alpha value is -1.61. The number of nitrogens with zero attached hydrogens (tertiary/aromatic N) is 1. The fourth-order valence-corrected chi connectivity index (χ4v) is 2.17. The Morgan fingerprint density at radius 2 is 2.00 bits per heavy atom. The molecule has 0 amide bonds. The second-order valence-electron chi connectivity index (χ2n) is 5.48. The molecule has 0 fully saturated rings. The maximum absolute atomic E-state index is 6.06. The van der Waals surface area contributed by atoms with Crippen LogP contribution >= 0.6 is 0 Å². The zero-order valence-corrected chi connectivity index (χ0v) is 11.4. The molecule has 0 unspecified atom stereocenters. The normalized spacial score (nSPS) is 11.8. The van der Waals surface area contributed by atoms with Crippen molar-refractivity contribution in [2.75, 3.05) is 7.11 Å². The van der Waals surface area contributed by atoms with E-state index in [2.05, 4.69) is 17.1 Å². The molecule has 3 nitrogen and oxygen atoms in total. The first-order chi connectivity index (χ1) is 8.39. The third-order valence-electron chi connectivity index (χ3n) is 2.84. The second kappa shape index (κ2) is 4.58. The van der Waals surface area contributed by atoms with E-state index in [4.69, 9.17) is 10.5 Å². The first kappa shape index (κ1) is 12.8. The molecule has 0 aliphatic rings. The second-order valence-corrected chi connectivity index (χ2v) is 5.48. The summed E-state index contributed by atoms with van der Waals surface area (Å²) in [5, 5.41) is 1.05. The van der Waals surface area contributed by atoms with Crippen molar-refractivity contribution in [1.82, 2.24) is 4.98 Å². The Balaban J connectivity index is 2.53. The number of nitrogens with two attached hydrogens (primary N) is 1. The van der Waals surface area contributed by atoms with Crippen LogP contribution in [0.2, 0.25) is 0 Å². The largest absolute Gasteiger partial charge is 0.496 e. The van der Waals surface area contributed by atoms with Crippen molar-refractivity contribution in [3.63, 3.8) is 0 Å². The van der Waals surface area contributed by atoms with Crippen LogP contribution in [0.15, 0.2) is 24.3 Å². The van der Waals surface area contributed by atoms with E-state index in [9.17, 15) is 0 Å². The lowest BCUT2D eigenvalue weighted by molar-refractivity contribution is 0.419. The van der Waals surface area contributed by atoms with E-state index >= 15 is 0 Å². The lowest BCUT2D eigenvalue weighted by Gasteiger charge is -2.18. The van der Waals surface area contributed by atoms with Crippen LogP contribution in [0.5, 0.6) is 5.75 Å². The number of methoxy groups -OCH3 is 1. The number of fused-ring (bicyclic) bond motifs is 1. The van der Waals surface area contributed by atoms with Gasteiger partial charge in [0.1, 0.15) is 5.75 Å². The number of aryl methyl sites for hydroxylation is 1. The van der Waals surface area contributed by atoms with Crippen LogP contribution < -0.4 is 10.5 Å². The maximum atomic E-state index is 6.06. The zero-order valence-electron chi connectivity index (χ0n) is 11.4. The van der Waals surface area contributed by atoms with E-state index in [-0.39, 0.29) is 5.54 Å². The van der Waals surface area contributed by atoms with Gasteiger partial charge in [-0.3, -0.25) is 4.98 Å². The molecule has 1 aromatic carbocycles. The van der Waals surface area contributed by atoms with Crippen molar-refractivity contribution in [1.29, 1.82) is 0 Å². The van der Waals surface area contributed by atoms with Gasteiger partial charge in [-0.05, 0) is 44.9 Å². The lowest BCUT2D eigenvalue weighted by atomic mass is 9.95. The fourth-order valence-electron chi connectivity index (χ4n) is 2.17. The summed E-state index contributed by atoms with van der Waals surface area (Å²) in [4.78, 5) is 4.51. The molecule has 3 heteroatoms. The van der Waals surface area contributed by atoms with Gasteiger partial charge in [0.15, 0.2) is 0 Å². The van der Waals surface area contributed by atoms with Crippen LogP contribution in [-0.4, -0.2) is 17.6 Å². The molecule has 96 valence electrons. The first-order valence-electron chi connectivity index (χ1n) is 6.12. The number of hydrogen-bond donors (Lipinski definition) is 1. The van der Waals surface area contributed by atoms with E-state index in [1.165, 1.54) is 5.56 Å². The molecule has 2 rings (SSSR count). The minimum atomic E-state index is -0.209. The highest BCUT2D eigenvalue weighted by Gasteiger charge is 2.13. The van der Waals surface area contributed by atoms with Gasteiger partial charge in [-0.1, -0.05) is 6.07 Å². The van der Waals surface area contributed by atoms with Crippen molar-refractivity contribution in [2.45, 2.75) is 32.7 Å². The van der Waals surface area contributed by atoms with Crippen molar-refractivity contribution in [3.8, 4) is 5.75 Å². The van der Waals surface area contributed by atoms with Gasteiger partial charge < -0.3 is 10.5 Å². The Labute approximate surface area is 108 Å². The summed E-state index contributed by atoms with van der Waals surface area (Å²) in [5.74, 6) is 0.870. The summed E-state index contributed by atoms with van der Waals surface area (Å²) in [7, 11) is 1.69. The summed E-state index contributed by atoms with van der Waals surface area (Å²) in [6, 6.07) is 8.20. The van der Waals surface area contributed by atoms with Crippen LogP contribution in [0.4, 0.5) is 0 Å². The summed E-state index contributed by atoms with van der Waals surface area (Å²) >= 11 is 0. The summed E-state index contributed by atoms with van der Waals surface area (Å²) in [6.07, 6.45) is 0.833. The predicted molar refractivity (Wildman–Crippen MR) is 75.0 cm³/mol. The number of aromatic nitrogens is 1. The van der Waals surface area contributed by atoms with Crippen LogP contribution in [0.3, 0.4) is 0 Å². The van der Waals surface area contributed by atoms with Gasteiger partial charge in [-0.2, -0.15) is 0 Å². The van der Waals surface area contributed by atoms with Crippen LogP contribution in [-0.2, 0) is 6.42 Å². The SMILES string of the molecule is COc1cc(C)nc2ccc(CC(C)(C)N)cc12. The molecule has 2 N–H and O–H groups in total. The Morgan fingerprint density at radius 3 is 2.61 bits per heavy atom. The van der Waals surface area contributed by atoms with Crippen LogP contribution in [0.25, 0.3) is 10.9 Å². The van der Waals surface area contributed by atoms with Crippen LogP contribution in [0, 0.1) is 6.92 Å². The highest BCUT2D eigenvalue weighted by Crippen LogP contribution is 2.27. The van der Waals surface area contributed by atoms with Crippen molar-refractivity contribution < 1.29 is 4.74 Å². The molecule has 1 aromatic heterocycles. The first-order valence-corrected chi connectivity index (χ1v) is 6.12. The molecule has 0 saturated heterocycles. The van der Waals surface area contributed by atoms with E-state index in [1.807, 2.05) is 32.9 Å². The van der Waals surface area contributed by atoms with Gasteiger partial charge >= 0.3 is 0 Å². The number of rotatable bonds is 3. The summed E-state index contributed by atoms with van der Waals surface area (Å²) < 4.78 is 5.42. The van der Waals surface area contributed by atoms with Crippen molar-refractivity contribution >= 4 is 10.9 Å². The quantitative estimate of drug-likeness (QED) is 0.903. The highest BCUT2D eigenvalue weighted by molar-refractivity contribution is 5.86. The molecule has 1 heterocycles. The topological polar surface area (TPSA) is 48.1 Å². The Bertz CT molecular complexity index is 570. The van der Waals surface area contributed by atoms with Gasteiger partial charge in [0.25, 0.3) is 0 Å². The van der Waals surface area contributed by atoms with Gasteiger partial charge in [0.05, 0.1) is 12.6 Å². The Kier molecular flexibility index (Phi) is 3.26. The van der Waals surface area contributed by atoms with Gasteiger partial charge in [0, 0.05) is 22.7 Å². The average molecular weight is 244 g/mol. The van der Waals surface area contributed by atoms with Gasteiger partial charge in [0.2, 0.25) is 0 Å². The van der Waals surface area contributed by atoms with Crippen molar-refractivity contribution in [3.05, 3.63) is 35.5 Å². The molecule has 2 aromatic rings. The third-order valence-corrected chi connectivity index (χ3v) is 2.84. The highest BCUT2D eigenvalue weighted by atomic mass is 16.5. The third kappa shape index (κ3) is 2.79. The van der Waals surface area contributed by atoms with Crippen molar-refractivity contribution in [2.24, 2.45) is 5.73 Å². The average Bonchev–Trinajstić information content (AvgIpc) is 2.26. The maximum Gasteiger partial charge on any atom is 0.130 e. The van der Waals surface area contributed by atoms with E-state index in [0.717, 1.165) is 28.8 Å². The molecule has 0 saturated carbocycles. The number of ether oxygens (including phenoxy) is 1. The molecular formula is C15H20N2O. The molecule has 18 heavy (non-hydrogen) atoms. The molecule has 0 aliphatic heterocycles. The fraction of sp³-hybridized carbons (Fsp3) is 0.400. The monoisotopic (exact) mass is 244 g/mol. The molecular weight excluding hydrogens is 224 g/mol. The number of benzene rings is 1.